The number of imidazole rings is 1. The number of hydrogen-bond donors (Lipinski definition) is 3. The molecule has 6 heteroatoms. The van der Waals surface area contributed by atoms with E-state index < -0.39 is 0 Å². The third-order valence-electron chi connectivity index (χ3n) is 4.21. The highest BCUT2D eigenvalue weighted by Crippen LogP contribution is 2.19. The maximum absolute atomic E-state index is 9.62. The van der Waals surface area contributed by atoms with Crippen LogP contribution in [0.5, 0.6) is 5.75 Å². The maximum atomic E-state index is 9.62. The first-order valence-electron chi connectivity index (χ1n) is 8.62. The molecule has 3 rings (SSSR count). The first kappa shape index (κ1) is 16.4. The number of phenolic OH excluding ortho intramolecular Hbond substituents is 1. The lowest BCUT2D eigenvalue weighted by molar-refractivity contribution is 0.475. The largest absolute Gasteiger partial charge is 0.508 e. The maximum Gasteiger partial charge on any atom is 0.196 e. The second-order valence-corrected chi connectivity index (χ2v) is 6.19. The van der Waals surface area contributed by atoms with Crippen LogP contribution in [0.4, 0.5) is 5.69 Å². The highest BCUT2D eigenvalue weighted by Gasteiger charge is 2.16. The molecule has 0 radical (unpaired) electrons. The number of guanidine groups is 1. The molecule has 1 aromatic heterocycles. The van der Waals surface area contributed by atoms with Gasteiger partial charge in [0.05, 0.1) is 6.33 Å². The van der Waals surface area contributed by atoms with E-state index in [0.717, 1.165) is 31.2 Å². The number of anilines is 1. The fourth-order valence-corrected chi connectivity index (χ4v) is 2.97. The number of aryl methyl sites for hydroxylation is 1. The van der Waals surface area contributed by atoms with Crippen molar-refractivity contribution in [3.8, 4) is 5.75 Å². The van der Waals surface area contributed by atoms with Gasteiger partial charge in [0.2, 0.25) is 0 Å². The van der Waals surface area contributed by atoms with Crippen molar-refractivity contribution in [1.82, 2.24) is 14.9 Å². The Morgan fingerprint density at radius 1 is 1.33 bits per heavy atom. The average molecular weight is 327 g/mol. The lowest BCUT2D eigenvalue weighted by Gasteiger charge is -2.17. The van der Waals surface area contributed by atoms with E-state index in [1.165, 1.54) is 25.7 Å². The second-order valence-electron chi connectivity index (χ2n) is 6.19. The van der Waals surface area contributed by atoms with E-state index in [9.17, 15) is 5.11 Å². The van der Waals surface area contributed by atoms with E-state index in [0.29, 0.717) is 6.04 Å². The standard InChI is InChI=1S/C18H25N5O/c24-17-8-3-7-16(13-17)22-18(21-15-5-1-2-6-15)20-9-4-11-23-12-10-19-14-23/h3,7-8,10,12-15,24H,1-2,4-6,9,11H2,(H2,20,21,22). The van der Waals surface area contributed by atoms with Gasteiger partial charge in [-0.1, -0.05) is 18.9 Å². The number of benzene rings is 1. The molecular formula is C18H25N5O. The Bertz CT molecular complexity index is 647. The molecule has 1 fully saturated rings. The first-order valence-corrected chi connectivity index (χ1v) is 8.62. The van der Waals surface area contributed by atoms with Crippen LogP contribution in [-0.2, 0) is 6.54 Å². The molecule has 0 unspecified atom stereocenters. The molecule has 2 aromatic rings. The van der Waals surface area contributed by atoms with Gasteiger partial charge in [0, 0.05) is 43.3 Å². The Morgan fingerprint density at radius 3 is 2.96 bits per heavy atom. The lowest BCUT2D eigenvalue weighted by Crippen LogP contribution is -2.37. The zero-order valence-electron chi connectivity index (χ0n) is 13.9. The number of aromatic nitrogens is 2. The molecule has 24 heavy (non-hydrogen) atoms. The summed E-state index contributed by atoms with van der Waals surface area (Å²) >= 11 is 0. The van der Waals surface area contributed by atoms with Gasteiger partial charge in [0.1, 0.15) is 5.75 Å². The van der Waals surface area contributed by atoms with E-state index in [1.54, 1.807) is 18.3 Å². The molecule has 1 aliphatic rings. The smallest absolute Gasteiger partial charge is 0.196 e. The number of hydrogen-bond acceptors (Lipinski definition) is 3. The molecule has 0 spiro atoms. The van der Waals surface area contributed by atoms with Gasteiger partial charge in [0.15, 0.2) is 5.96 Å². The molecule has 1 saturated carbocycles. The van der Waals surface area contributed by atoms with Crippen molar-refractivity contribution in [2.75, 3.05) is 11.9 Å². The Hall–Kier alpha value is -2.50. The van der Waals surface area contributed by atoms with Crippen LogP contribution in [0.2, 0.25) is 0 Å². The second kappa shape index (κ2) is 8.38. The number of aliphatic imine (C=N–C) groups is 1. The summed E-state index contributed by atoms with van der Waals surface area (Å²) in [6.07, 6.45) is 11.5. The molecule has 0 amide bonds. The van der Waals surface area contributed by atoms with Crippen LogP contribution in [0.15, 0.2) is 48.0 Å². The van der Waals surface area contributed by atoms with E-state index in [4.69, 9.17) is 4.99 Å². The number of nitrogens with zero attached hydrogens (tertiary/aromatic N) is 3. The van der Waals surface area contributed by atoms with Gasteiger partial charge in [-0.25, -0.2) is 4.98 Å². The summed E-state index contributed by atoms with van der Waals surface area (Å²) < 4.78 is 2.06. The minimum Gasteiger partial charge on any atom is -0.508 e. The van der Waals surface area contributed by atoms with Crippen molar-refractivity contribution in [2.24, 2.45) is 4.99 Å². The fraction of sp³-hybridized carbons (Fsp3) is 0.444. The quantitative estimate of drug-likeness (QED) is 0.433. The number of aromatic hydroxyl groups is 1. The van der Waals surface area contributed by atoms with Crippen LogP contribution in [0.3, 0.4) is 0 Å². The van der Waals surface area contributed by atoms with Crippen LogP contribution in [-0.4, -0.2) is 33.2 Å². The van der Waals surface area contributed by atoms with Crippen LogP contribution >= 0.6 is 0 Å². The van der Waals surface area contributed by atoms with Crippen molar-refractivity contribution in [1.29, 1.82) is 0 Å². The summed E-state index contributed by atoms with van der Waals surface area (Å²) in [4.78, 5) is 8.74. The molecule has 3 N–H and O–H groups in total. The summed E-state index contributed by atoms with van der Waals surface area (Å²) in [5.41, 5.74) is 0.842. The van der Waals surface area contributed by atoms with Gasteiger partial charge in [-0.15, -0.1) is 0 Å². The lowest BCUT2D eigenvalue weighted by atomic mass is 10.2. The van der Waals surface area contributed by atoms with Crippen molar-refractivity contribution in [3.05, 3.63) is 43.0 Å². The van der Waals surface area contributed by atoms with Crippen LogP contribution in [0.25, 0.3) is 0 Å². The molecule has 1 heterocycles. The van der Waals surface area contributed by atoms with E-state index >= 15 is 0 Å². The van der Waals surface area contributed by atoms with E-state index in [1.807, 2.05) is 24.7 Å². The van der Waals surface area contributed by atoms with Gasteiger partial charge >= 0.3 is 0 Å². The Balaban J connectivity index is 1.58. The third kappa shape index (κ3) is 5.01. The van der Waals surface area contributed by atoms with Crippen molar-refractivity contribution < 1.29 is 5.11 Å². The molecule has 0 aliphatic heterocycles. The average Bonchev–Trinajstić information content (AvgIpc) is 3.25. The van der Waals surface area contributed by atoms with Crippen LogP contribution in [0.1, 0.15) is 32.1 Å². The topological polar surface area (TPSA) is 74.5 Å². The van der Waals surface area contributed by atoms with Gasteiger partial charge in [-0.2, -0.15) is 0 Å². The van der Waals surface area contributed by atoms with Crippen molar-refractivity contribution >= 4 is 11.6 Å². The molecule has 128 valence electrons. The fourth-order valence-electron chi connectivity index (χ4n) is 2.97. The van der Waals surface area contributed by atoms with Gasteiger partial charge in [-0.05, 0) is 31.4 Å². The Morgan fingerprint density at radius 2 is 2.21 bits per heavy atom. The van der Waals surface area contributed by atoms with Crippen molar-refractivity contribution in [2.45, 2.75) is 44.7 Å². The van der Waals surface area contributed by atoms with Gasteiger partial charge < -0.3 is 20.3 Å². The molecular weight excluding hydrogens is 302 g/mol. The normalized spacial score (nSPS) is 15.6. The summed E-state index contributed by atoms with van der Waals surface area (Å²) in [5, 5.41) is 16.4. The molecule has 1 aromatic carbocycles. The number of rotatable bonds is 6. The minimum atomic E-state index is 0.250. The van der Waals surface area contributed by atoms with Gasteiger partial charge in [-0.3, -0.25) is 4.99 Å². The summed E-state index contributed by atoms with van der Waals surface area (Å²) in [7, 11) is 0. The van der Waals surface area contributed by atoms with Crippen molar-refractivity contribution in [3.63, 3.8) is 0 Å². The summed E-state index contributed by atoms with van der Waals surface area (Å²) in [6.45, 7) is 1.64. The first-order chi connectivity index (χ1) is 11.8. The third-order valence-corrected chi connectivity index (χ3v) is 4.21. The van der Waals surface area contributed by atoms with E-state index in [2.05, 4.69) is 20.2 Å². The molecule has 0 bridgehead atoms. The number of phenols is 1. The zero-order valence-corrected chi connectivity index (χ0v) is 13.9. The highest BCUT2D eigenvalue weighted by atomic mass is 16.3. The molecule has 6 nitrogen and oxygen atoms in total. The Labute approximate surface area is 142 Å². The minimum absolute atomic E-state index is 0.250. The summed E-state index contributed by atoms with van der Waals surface area (Å²) in [6, 6.07) is 7.61. The molecule has 0 saturated heterocycles. The van der Waals surface area contributed by atoms with E-state index in [-0.39, 0.29) is 5.75 Å². The summed E-state index contributed by atoms with van der Waals surface area (Å²) in [5.74, 6) is 1.04. The number of nitrogens with one attached hydrogen (secondary N) is 2. The zero-order chi connectivity index (χ0) is 16.6. The molecule has 1 aliphatic carbocycles. The predicted molar refractivity (Wildman–Crippen MR) is 96.3 cm³/mol. The Kier molecular flexibility index (Phi) is 5.71. The molecule has 0 atom stereocenters. The van der Waals surface area contributed by atoms with Crippen LogP contribution < -0.4 is 10.6 Å². The van der Waals surface area contributed by atoms with Crippen LogP contribution in [0, 0.1) is 0 Å². The van der Waals surface area contributed by atoms with Gasteiger partial charge in [0.25, 0.3) is 0 Å². The predicted octanol–water partition coefficient (Wildman–Crippen LogP) is 2.98. The monoisotopic (exact) mass is 327 g/mol. The SMILES string of the molecule is Oc1cccc(NC(=NCCCn2ccnc2)NC2CCCC2)c1. The highest BCUT2D eigenvalue weighted by molar-refractivity contribution is 5.94.